The molecule has 0 amide bonds. The Balaban J connectivity index is 1.24. The summed E-state index contributed by atoms with van der Waals surface area (Å²) in [4.78, 5) is 0. The van der Waals surface area contributed by atoms with Gasteiger partial charge in [0.05, 0.1) is 32.8 Å². The lowest BCUT2D eigenvalue weighted by Crippen LogP contribution is -2.62. The summed E-state index contributed by atoms with van der Waals surface area (Å²) in [5.41, 5.74) is 26.6. The van der Waals surface area contributed by atoms with Gasteiger partial charge in [0.25, 0.3) is 6.71 Å². The number of aryl methyl sites for hydroxylation is 2. The summed E-state index contributed by atoms with van der Waals surface area (Å²) in [6.45, 7) is 29.9. The second-order valence-corrected chi connectivity index (χ2v) is 35.3. The van der Waals surface area contributed by atoms with Crippen LogP contribution in [0.1, 0.15) is 74.9 Å². The van der Waals surface area contributed by atoms with Crippen molar-refractivity contribution in [2.45, 2.75) is 97.1 Å². The summed E-state index contributed by atoms with van der Waals surface area (Å²) in [6.07, 6.45) is 0. The molecule has 2 nitrogen and oxygen atoms in total. The normalized spacial score (nSPS) is 14.9. The molecule has 0 radical (unpaired) electrons. The topological polar surface area (TPSA) is 9.86 Å². The molecule has 10 aromatic rings. The largest absolute Gasteiger partial charge is 0.310 e. The minimum absolute atomic E-state index is 0.0298. The van der Waals surface area contributed by atoms with E-state index in [1.54, 1.807) is 10.4 Å². The van der Waals surface area contributed by atoms with Crippen LogP contribution in [0.5, 0.6) is 0 Å². The highest BCUT2D eigenvalue weighted by atomic mass is 28.3. The van der Waals surface area contributed by atoms with Crippen LogP contribution < -0.4 is 26.8 Å². The van der Waals surface area contributed by atoms with Crippen LogP contribution in [0.4, 0.5) is 0 Å². The molecule has 8 aromatic carbocycles. The lowest BCUT2D eigenvalue weighted by Gasteiger charge is -2.45. The molecule has 0 atom stereocenters. The molecule has 3 aliphatic heterocycles. The Hall–Kier alpha value is -6.40. The number of aromatic nitrogens is 2. The number of fused-ring (bicyclic) bond motifs is 11. The third-order valence-corrected chi connectivity index (χ3v) is 30.2. The van der Waals surface area contributed by atoms with Gasteiger partial charge < -0.3 is 9.13 Å². The molecule has 0 saturated heterocycles. The van der Waals surface area contributed by atoms with Crippen molar-refractivity contribution in [3.05, 3.63) is 185 Å². The lowest BCUT2D eigenvalue weighted by molar-refractivity contribution is 0.728. The summed E-state index contributed by atoms with van der Waals surface area (Å²) < 4.78 is 5.53. The van der Waals surface area contributed by atoms with Crippen LogP contribution in [0.3, 0.4) is 0 Å². The molecule has 0 saturated carbocycles. The van der Waals surface area contributed by atoms with Gasteiger partial charge in [-0.25, -0.2) is 0 Å². The van der Waals surface area contributed by atoms with Crippen LogP contribution in [0, 0.1) is 13.8 Å². The highest BCUT2D eigenvalue weighted by molar-refractivity contribution is 7.01. The van der Waals surface area contributed by atoms with Crippen molar-refractivity contribution in [1.82, 2.24) is 9.13 Å². The van der Waals surface area contributed by atoms with E-state index in [0.29, 0.717) is 0 Å². The summed E-state index contributed by atoms with van der Waals surface area (Å²) in [5.74, 6) is 0. The molecule has 5 heterocycles. The maximum absolute atomic E-state index is 2.82. The Morgan fingerprint density at radius 3 is 1.60 bits per heavy atom. The number of para-hydroxylation sites is 1. The first-order valence-corrected chi connectivity index (χ1v) is 31.7. The average Bonchev–Trinajstić information content (AvgIpc) is 3.96. The predicted molar refractivity (Wildman–Crippen MR) is 307 cm³/mol. The average molecular weight is 937 g/mol. The van der Waals surface area contributed by atoms with Crippen LogP contribution in [-0.4, -0.2) is 32.0 Å². The SMILES string of the molecule is Cc1ccc(-c2c(-c3ccc(C)cc3)n3c4c(cccc24)B2c4c-3ccc3c4-n4c5c2cc([Si](C)(C)C(C)(C)C)cc5c2cc([Si](C)(C)C(C)(C)C)cc(c24)C32c3ccccc3-c3ccccc32)cc1. The minimum Gasteiger partial charge on any atom is -0.310 e. The lowest BCUT2D eigenvalue weighted by atomic mass is 9.33. The van der Waals surface area contributed by atoms with Crippen LogP contribution in [0.25, 0.3) is 77.6 Å². The van der Waals surface area contributed by atoms with Crippen LogP contribution >= 0.6 is 0 Å². The number of rotatable bonds is 4. The fraction of sp³-hybridized carbons (Fsp3) is 0.231. The standard InChI is InChI=1S/C65H61BN2Si2/c1-38-24-28-40(29-25-38)56-46-20-17-23-53-60(46)67(58(56)41-30-26-39(2)27-31-41)55-33-32-51-62-57(55)66(53)54-37-43(70(11,12)64(6,7)8)35-48-47-34-42(69(9,10)63(3,4)5)36-52(59(47)68(62)61(48)54)65(51)49-21-15-13-18-44(49)45-19-14-16-22-50(45)65/h13-37H,1-12H3. The molecule has 0 bridgehead atoms. The van der Waals surface area contributed by atoms with Gasteiger partial charge in [0.15, 0.2) is 0 Å². The molecular weight excluding hydrogens is 876 g/mol. The fourth-order valence-corrected chi connectivity index (χ4v) is 17.3. The zero-order valence-corrected chi connectivity index (χ0v) is 44.9. The first-order chi connectivity index (χ1) is 33.4. The number of hydrogen-bond donors (Lipinski definition) is 0. The minimum atomic E-state index is -2.09. The highest BCUT2D eigenvalue weighted by Crippen LogP contribution is 2.62. The number of nitrogens with zero attached hydrogens (tertiary/aromatic N) is 2. The van der Waals surface area contributed by atoms with Gasteiger partial charge in [-0.1, -0.05) is 235 Å². The van der Waals surface area contributed by atoms with Gasteiger partial charge in [-0.3, -0.25) is 0 Å². The Kier molecular flexibility index (Phi) is 8.20. The number of benzene rings is 8. The van der Waals surface area contributed by atoms with E-state index in [4.69, 9.17) is 0 Å². The van der Waals surface area contributed by atoms with Gasteiger partial charge >= 0.3 is 0 Å². The summed E-state index contributed by atoms with van der Waals surface area (Å²) in [6, 6.07) is 60.7. The molecule has 1 aliphatic carbocycles. The monoisotopic (exact) mass is 936 g/mol. The Bertz CT molecular complexity index is 3930. The van der Waals surface area contributed by atoms with Crippen molar-refractivity contribution < 1.29 is 0 Å². The van der Waals surface area contributed by atoms with Crippen molar-refractivity contribution in [2.75, 3.05) is 0 Å². The van der Waals surface area contributed by atoms with Gasteiger partial charge in [0.1, 0.15) is 0 Å². The molecule has 14 rings (SSSR count). The Labute approximate surface area is 416 Å². The molecule has 0 N–H and O–H groups in total. The summed E-state index contributed by atoms with van der Waals surface area (Å²) in [7, 11) is -4.17. The van der Waals surface area contributed by atoms with Crippen LogP contribution in [0.15, 0.2) is 152 Å². The second-order valence-electron chi connectivity index (χ2n) is 24.7. The van der Waals surface area contributed by atoms with E-state index in [2.05, 4.69) is 242 Å². The molecule has 0 unspecified atom stereocenters. The first-order valence-electron chi connectivity index (χ1n) is 25.7. The quantitative estimate of drug-likeness (QED) is 0.156. The molecule has 4 aliphatic rings. The molecule has 5 heteroatoms. The molecule has 342 valence electrons. The van der Waals surface area contributed by atoms with E-state index in [9.17, 15) is 0 Å². The zero-order valence-electron chi connectivity index (χ0n) is 42.9. The van der Waals surface area contributed by atoms with Gasteiger partial charge in [-0.2, -0.15) is 0 Å². The van der Waals surface area contributed by atoms with E-state index in [1.807, 2.05) is 0 Å². The van der Waals surface area contributed by atoms with E-state index in [-0.39, 0.29) is 16.8 Å². The van der Waals surface area contributed by atoms with E-state index in [1.165, 1.54) is 127 Å². The van der Waals surface area contributed by atoms with Gasteiger partial charge in [-0.15, -0.1) is 0 Å². The van der Waals surface area contributed by atoms with Gasteiger partial charge in [-0.05, 0) is 90.9 Å². The summed E-state index contributed by atoms with van der Waals surface area (Å²) in [5, 5.41) is 7.58. The third-order valence-electron chi connectivity index (χ3n) is 19.2. The van der Waals surface area contributed by atoms with Gasteiger partial charge in [0.2, 0.25) is 0 Å². The van der Waals surface area contributed by atoms with Crippen molar-refractivity contribution in [2.24, 2.45) is 0 Å². The van der Waals surface area contributed by atoms with Gasteiger partial charge in [0, 0.05) is 44.1 Å². The van der Waals surface area contributed by atoms with E-state index in [0.717, 1.165) is 0 Å². The van der Waals surface area contributed by atoms with E-state index < -0.39 is 21.6 Å². The third kappa shape index (κ3) is 5.00. The Morgan fingerprint density at radius 1 is 0.457 bits per heavy atom. The molecule has 1 spiro atoms. The van der Waals surface area contributed by atoms with Crippen molar-refractivity contribution >= 4 is 82.3 Å². The summed E-state index contributed by atoms with van der Waals surface area (Å²) >= 11 is 0. The first kappa shape index (κ1) is 42.5. The van der Waals surface area contributed by atoms with Crippen molar-refractivity contribution in [1.29, 1.82) is 0 Å². The number of hydrogen-bond acceptors (Lipinski definition) is 0. The molecule has 70 heavy (non-hydrogen) atoms. The fourth-order valence-electron chi connectivity index (χ4n) is 13.5. The van der Waals surface area contributed by atoms with E-state index >= 15 is 0 Å². The highest BCUT2D eigenvalue weighted by Gasteiger charge is 2.55. The molecule has 0 fully saturated rings. The van der Waals surface area contributed by atoms with Crippen LogP contribution in [0.2, 0.25) is 36.3 Å². The predicted octanol–water partition coefficient (Wildman–Crippen LogP) is 13.9. The maximum atomic E-state index is 2.82. The smallest absolute Gasteiger partial charge is 0.252 e. The maximum Gasteiger partial charge on any atom is 0.252 e. The molecular formula is C65H61BN2Si2. The van der Waals surface area contributed by atoms with Crippen molar-refractivity contribution in [3.63, 3.8) is 0 Å². The Morgan fingerprint density at radius 2 is 1.00 bits per heavy atom. The van der Waals surface area contributed by atoms with Crippen molar-refractivity contribution in [3.8, 4) is 44.9 Å². The molecule has 2 aromatic heterocycles. The van der Waals surface area contributed by atoms with Crippen LogP contribution in [-0.2, 0) is 5.41 Å². The second kappa shape index (κ2) is 13.5. The zero-order chi connectivity index (χ0) is 48.3.